The molecule has 0 N–H and O–H groups in total. The van der Waals surface area contributed by atoms with Crippen molar-refractivity contribution in [1.29, 1.82) is 0 Å². The molecule has 3 aromatic carbocycles. The van der Waals surface area contributed by atoms with Crippen molar-refractivity contribution in [3.8, 4) is 23.0 Å². The molecule has 0 heterocycles. The van der Waals surface area contributed by atoms with Crippen molar-refractivity contribution in [3.05, 3.63) is 88.2 Å². The zero-order chi connectivity index (χ0) is 20.6. The maximum atomic E-state index is 14.2. The fourth-order valence-electron chi connectivity index (χ4n) is 2.91. The van der Waals surface area contributed by atoms with Crippen LogP contribution in [0.15, 0.2) is 65.7 Å². The second-order valence-electron chi connectivity index (χ2n) is 6.62. The molecule has 4 heteroatoms. The number of thiocarbonyl (C=S) groups is 1. The fraction of sp³-hybridized carbons (Fsp3) is 0.160. The Morgan fingerprint density at radius 2 is 1.55 bits per heavy atom. The van der Waals surface area contributed by atoms with Gasteiger partial charge in [-0.05, 0) is 78.1 Å². The molecule has 144 valence electrons. The average molecular weight is 420 g/mol. The van der Waals surface area contributed by atoms with Crippen molar-refractivity contribution in [2.75, 3.05) is 0 Å². The molecular formula is C25H19ClFNS. The van der Waals surface area contributed by atoms with Crippen molar-refractivity contribution < 1.29 is 4.39 Å². The zero-order valence-electron chi connectivity index (χ0n) is 16.0. The van der Waals surface area contributed by atoms with E-state index in [1.54, 1.807) is 6.07 Å². The van der Waals surface area contributed by atoms with E-state index in [0.717, 1.165) is 23.1 Å². The molecule has 0 aliphatic rings. The van der Waals surface area contributed by atoms with Crippen LogP contribution >= 0.6 is 23.8 Å². The van der Waals surface area contributed by atoms with Crippen LogP contribution in [0.5, 0.6) is 0 Å². The Balaban J connectivity index is 1.76. The molecule has 1 nitrogen and oxygen atoms in total. The van der Waals surface area contributed by atoms with E-state index in [-0.39, 0.29) is 10.7 Å². The van der Waals surface area contributed by atoms with Gasteiger partial charge < -0.3 is 0 Å². The Hall–Kier alpha value is -2.76. The van der Waals surface area contributed by atoms with Gasteiger partial charge in [-0.3, -0.25) is 0 Å². The van der Waals surface area contributed by atoms with Crippen LogP contribution in [-0.4, -0.2) is 5.16 Å². The van der Waals surface area contributed by atoms with Crippen LogP contribution in [0.2, 0.25) is 5.02 Å². The van der Waals surface area contributed by atoms with E-state index in [2.05, 4.69) is 65.4 Å². The van der Waals surface area contributed by atoms with Gasteiger partial charge in [-0.15, -0.1) is 0 Å². The highest BCUT2D eigenvalue weighted by molar-refractivity contribution is 7.78. The summed E-state index contributed by atoms with van der Waals surface area (Å²) in [5.41, 5.74) is 4.73. The van der Waals surface area contributed by atoms with E-state index >= 15 is 0 Å². The summed E-state index contributed by atoms with van der Waals surface area (Å²) in [6, 6.07) is 19.0. The fourth-order valence-corrected chi connectivity index (χ4v) is 3.25. The molecule has 0 saturated carbocycles. The summed E-state index contributed by atoms with van der Waals surface area (Å²) in [6.07, 6.45) is 3.51. The molecular weight excluding hydrogens is 401 g/mol. The Morgan fingerprint density at radius 3 is 2.10 bits per heavy atom. The number of isothiocyanates is 1. The van der Waals surface area contributed by atoms with Crippen molar-refractivity contribution >= 4 is 34.7 Å². The predicted molar refractivity (Wildman–Crippen MR) is 123 cm³/mol. The number of rotatable bonds is 5. The van der Waals surface area contributed by atoms with Gasteiger partial charge in [-0.1, -0.05) is 61.1 Å². The van der Waals surface area contributed by atoms with E-state index < -0.39 is 5.82 Å². The number of hydrogen-bond acceptors (Lipinski definition) is 2. The SMILES string of the molecule is CCCCc1ccc(C#Cc2ccc(-c3cc(F)c(N=C=S)c(Cl)c3)cc2)cc1. The van der Waals surface area contributed by atoms with Crippen molar-refractivity contribution in [3.63, 3.8) is 0 Å². The van der Waals surface area contributed by atoms with E-state index in [1.807, 2.05) is 24.3 Å². The highest BCUT2D eigenvalue weighted by Crippen LogP contribution is 2.33. The van der Waals surface area contributed by atoms with Crippen LogP contribution in [0.4, 0.5) is 10.1 Å². The molecule has 0 aliphatic carbocycles. The number of unbranched alkanes of at least 4 members (excludes halogenated alkanes) is 1. The molecule has 3 aromatic rings. The van der Waals surface area contributed by atoms with E-state index in [9.17, 15) is 4.39 Å². The van der Waals surface area contributed by atoms with Gasteiger partial charge in [0.15, 0.2) is 5.82 Å². The standard InChI is InChI=1S/C25H19ClFNS/c1-2-3-4-18-5-7-19(8-6-18)9-10-20-11-13-21(14-12-20)22-15-23(26)25(28-17-29)24(27)16-22/h5-8,11-16H,2-4H2,1H3. The van der Waals surface area contributed by atoms with E-state index in [0.29, 0.717) is 5.56 Å². The molecule has 0 atom stereocenters. The van der Waals surface area contributed by atoms with Crippen molar-refractivity contribution in [2.24, 2.45) is 4.99 Å². The normalized spacial score (nSPS) is 10.0. The largest absolute Gasteiger partial charge is 0.205 e. The van der Waals surface area contributed by atoms with Crippen LogP contribution in [-0.2, 0) is 6.42 Å². The molecule has 29 heavy (non-hydrogen) atoms. The molecule has 0 aromatic heterocycles. The number of halogens is 2. The Labute approximate surface area is 181 Å². The summed E-state index contributed by atoms with van der Waals surface area (Å²) in [5.74, 6) is 5.82. The van der Waals surface area contributed by atoms with Gasteiger partial charge in [0.2, 0.25) is 0 Å². The van der Waals surface area contributed by atoms with Gasteiger partial charge in [0.05, 0.1) is 10.2 Å². The molecule has 0 fully saturated rings. The molecule has 0 aliphatic heterocycles. The highest BCUT2D eigenvalue weighted by atomic mass is 35.5. The summed E-state index contributed by atoms with van der Waals surface area (Å²) in [5, 5.41) is 2.34. The lowest BCUT2D eigenvalue weighted by molar-refractivity contribution is 0.630. The Kier molecular flexibility index (Phi) is 7.33. The monoisotopic (exact) mass is 419 g/mol. The Morgan fingerprint density at radius 1 is 0.931 bits per heavy atom. The van der Waals surface area contributed by atoms with Crippen LogP contribution < -0.4 is 0 Å². The summed E-state index contributed by atoms with van der Waals surface area (Å²) >= 11 is 10.6. The topological polar surface area (TPSA) is 12.4 Å². The third-order valence-corrected chi connectivity index (χ3v) is 4.90. The lowest BCUT2D eigenvalue weighted by Crippen LogP contribution is -1.85. The minimum absolute atomic E-state index is 0.00798. The molecule has 0 amide bonds. The second-order valence-corrected chi connectivity index (χ2v) is 7.21. The van der Waals surface area contributed by atoms with Crippen LogP contribution in [0.1, 0.15) is 36.5 Å². The van der Waals surface area contributed by atoms with E-state index in [1.165, 1.54) is 24.5 Å². The maximum Gasteiger partial charge on any atom is 0.151 e. The smallest absolute Gasteiger partial charge is 0.151 e. The van der Waals surface area contributed by atoms with E-state index in [4.69, 9.17) is 11.6 Å². The van der Waals surface area contributed by atoms with Crippen molar-refractivity contribution in [1.82, 2.24) is 0 Å². The lowest BCUT2D eigenvalue weighted by atomic mass is 10.0. The van der Waals surface area contributed by atoms with Gasteiger partial charge in [-0.2, -0.15) is 4.99 Å². The third-order valence-electron chi connectivity index (χ3n) is 4.52. The van der Waals surface area contributed by atoms with Crippen LogP contribution in [0.25, 0.3) is 11.1 Å². The molecule has 0 bridgehead atoms. The number of hydrogen-bond donors (Lipinski definition) is 0. The minimum Gasteiger partial charge on any atom is -0.205 e. The van der Waals surface area contributed by atoms with Gasteiger partial charge in [0, 0.05) is 11.1 Å². The lowest BCUT2D eigenvalue weighted by Gasteiger charge is -2.06. The quantitative estimate of drug-likeness (QED) is 0.235. The van der Waals surface area contributed by atoms with Crippen LogP contribution in [0, 0.1) is 17.7 Å². The Bertz CT molecular complexity index is 1080. The first-order chi connectivity index (χ1) is 14.1. The molecule has 3 rings (SSSR count). The number of nitrogens with zero attached hydrogens (tertiary/aromatic N) is 1. The number of benzene rings is 3. The number of aryl methyl sites for hydroxylation is 1. The summed E-state index contributed by atoms with van der Waals surface area (Å²) in [7, 11) is 0. The molecule has 0 unspecified atom stereocenters. The molecule has 0 spiro atoms. The summed E-state index contributed by atoms with van der Waals surface area (Å²) in [6.45, 7) is 2.20. The maximum absolute atomic E-state index is 14.2. The number of aliphatic imine (C=N–C) groups is 1. The van der Waals surface area contributed by atoms with Gasteiger partial charge in [-0.25, -0.2) is 4.39 Å². The highest BCUT2D eigenvalue weighted by Gasteiger charge is 2.10. The first kappa shape index (κ1) is 21.0. The second kappa shape index (κ2) is 10.1. The molecule has 0 saturated heterocycles. The first-order valence-corrected chi connectivity index (χ1v) is 10.2. The van der Waals surface area contributed by atoms with Crippen molar-refractivity contribution in [2.45, 2.75) is 26.2 Å². The van der Waals surface area contributed by atoms with Gasteiger partial charge in [0.25, 0.3) is 0 Å². The average Bonchev–Trinajstić information content (AvgIpc) is 2.74. The van der Waals surface area contributed by atoms with Crippen LogP contribution in [0.3, 0.4) is 0 Å². The minimum atomic E-state index is -0.531. The predicted octanol–water partition coefficient (Wildman–Crippen LogP) is 7.62. The van der Waals surface area contributed by atoms with Gasteiger partial charge in [0.1, 0.15) is 5.69 Å². The zero-order valence-corrected chi connectivity index (χ0v) is 17.6. The van der Waals surface area contributed by atoms with Gasteiger partial charge >= 0.3 is 0 Å². The third kappa shape index (κ3) is 5.62. The molecule has 0 radical (unpaired) electrons. The first-order valence-electron chi connectivity index (χ1n) is 9.39. The summed E-state index contributed by atoms with van der Waals surface area (Å²) in [4.78, 5) is 3.67. The summed E-state index contributed by atoms with van der Waals surface area (Å²) < 4.78 is 14.2.